The first kappa shape index (κ1) is 21.0. The third-order valence-electron chi connectivity index (χ3n) is 5.21. The van der Waals surface area contributed by atoms with Crippen LogP contribution < -0.4 is 5.32 Å². The summed E-state index contributed by atoms with van der Waals surface area (Å²) in [6, 6.07) is 13.0. The fourth-order valence-corrected chi connectivity index (χ4v) is 5.05. The van der Waals surface area contributed by atoms with E-state index in [1.165, 1.54) is 36.7 Å². The fourth-order valence-electron chi connectivity index (χ4n) is 3.39. The van der Waals surface area contributed by atoms with Crippen molar-refractivity contribution in [3.8, 4) is 0 Å². The lowest BCUT2D eigenvalue weighted by molar-refractivity contribution is 0.0942. The maximum absolute atomic E-state index is 13.1. The number of carbonyl (C=O) groups is 1. The number of hydrogen-bond acceptors (Lipinski definition) is 5. The average Bonchev–Trinajstić information content (AvgIpc) is 3.07. The van der Waals surface area contributed by atoms with Gasteiger partial charge in [-0.15, -0.1) is 0 Å². The van der Waals surface area contributed by atoms with E-state index in [1.54, 1.807) is 24.7 Å². The minimum atomic E-state index is -3.79. The summed E-state index contributed by atoms with van der Waals surface area (Å²) >= 11 is 5.87. The molecule has 1 amide bonds. The number of rotatable bonds is 5. The highest BCUT2D eigenvalue weighted by atomic mass is 35.5. The van der Waals surface area contributed by atoms with Gasteiger partial charge in [0.15, 0.2) is 0 Å². The van der Waals surface area contributed by atoms with Gasteiger partial charge in [-0.3, -0.25) is 4.79 Å². The molecule has 0 unspecified atom stereocenters. The van der Waals surface area contributed by atoms with Crippen LogP contribution in [0.2, 0.25) is 5.02 Å². The molecule has 9 heteroatoms. The second-order valence-corrected chi connectivity index (χ2v) is 9.41. The van der Waals surface area contributed by atoms with E-state index < -0.39 is 9.84 Å². The number of hydrogen-bond donors (Lipinski definition) is 1. The summed E-state index contributed by atoms with van der Waals surface area (Å²) in [7, 11) is -2.13. The number of carbonyl (C=O) groups excluding carboxylic acids is 1. The first-order chi connectivity index (χ1) is 14.8. The molecule has 2 aromatic heterocycles. The molecule has 0 aliphatic rings. The van der Waals surface area contributed by atoms with E-state index in [2.05, 4.69) is 15.3 Å². The minimum absolute atomic E-state index is 0.0843. The van der Waals surface area contributed by atoms with E-state index in [1.807, 2.05) is 18.2 Å². The lowest BCUT2D eigenvalue weighted by Gasteiger charge is -2.09. The molecule has 4 aromatic rings. The Morgan fingerprint density at radius 1 is 1.16 bits per heavy atom. The molecule has 0 fully saturated rings. The molecule has 1 N–H and O–H groups in total. The van der Waals surface area contributed by atoms with Crippen LogP contribution in [0.3, 0.4) is 0 Å². The summed E-state index contributed by atoms with van der Waals surface area (Å²) in [6.45, 7) is 1.93. The molecule has 0 saturated carbocycles. The van der Waals surface area contributed by atoms with Gasteiger partial charge < -0.3 is 9.88 Å². The van der Waals surface area contributed by atoms with Crippen molar-refractivity contribution in [3.05, 3.63) is 83.0 Å². The first-order valence-corrected chi connectivity index (χ1v) is 11.3. The third-order valence-corrected chi connectivity index (χ3v) is 7.35. The molecular formula is C22H19ClN4O3S. The normalized spacial score (nSPS) is 11.6. The van der Waals surface area contributed by atoms with Gasteiger partial charge in [-0.2, -0.15) is 0 Å². The number of halogens is 1. The summed E-state index contributed by atoms with van der Waals surface area (Å²) in [5.41, 5.74) is 2.37. The van der Waals surface area contributed by atoms with Crippen LogP contribution in [0, 0.1) is 6.92 Å². The van der Waals surface area contributed by atoms with Crippen molar-refractivity contribution in [2.75, 3.05) is 0 Å². The number of nitrogens with one attached hydrogen (secondary N) is 1. The molecule has 0 bridgehead atoms. The van der Waals surface area contributed by atoms with Crippen LogP contribution in [0.25, 0.3) is 10.9 Å². The second kappa shape index (κ2) is 8.13. The summed E-state index contributed by atoms with van der Waals surface area (Å²) in [4.78, 5) is 21.3. The molecule has 2 aromatic carbocycles. The van der Waals surface area contributed by atoms with Gasteiger partial charge >= 0.3 is 0 Å². The van der Waals surface area contributed by atoms with Gasteiger partial charge in [-0.25, -0.2) is 18.4 Å². The van der Waals surface area contributed by atoms with E-state index >= 15 is 0 Å². The minimum Gasteiger partial charge on any atom is -0.347 e. The Bertz CT molecular complexity index is 1390. The van der Waals surface area contributed by atoms with Gasteiger partial charge in [0.2, 0.25) is 9.84 Å². The highest BCUT2D eigenvalue weighted by Crippen LogP contribution is 2.27. The van der Waals surface area contributed by atoms with Gasteiger partial charge in [0.1, 0.15) is 12.0 Å². The molecule has 0 atom stereocenters. The summed E-state index contributed by atoms with van der Waals surface area (Å²) < 4.78 is 27.7. The van der Waals surface area contributed by atoms with Crippen molar-refractivity contribution in [2.24, 2.45) is 7.05 Å². The van der Waals surface area contributed by atoms with E-state index in [0.717, 1.165) is 16.5 Å². The van der Waals surface area contributed by atoms with E-state index in [0.29, 0.717) is 10.7 Å². The first-order valence-electron chi connectivity index (χ1n) is 9.42. The zero-order valence-electron chi connectivity index (χ0n) is 16.8. The van der Waals surface area contributed by atoms with E-state index in [-0.39, 0.29) is 27.9 Å². The van der Waals surface area contributed by atoms with Crippen LogP contribution in [-0.2, 0) is 23.4 Å². The SMILES string of the molecule is Cc1c(S(=O)(=O)c2ccc(Cl)cc2)cc(C(=O)NCc2cccc3ncncc23)n1C. The van der Waals surface area contributed by atoms with Crippen LogP contribution in [0.1, 0.15) is 21.7 Å². The number of amides is 1. The summed E-state index contributed by atoms with van der Waals surface area (Å²) in [6.07, 6.45) is 3.17. The molecule has 0 radical (unpaired) electrons. The van der Waals surface area contributed by atoms with Crippen LogP contribution >= 0.6 is 11.6 Å². The van der Waals surface area contributed by atoms with Crippen LogP contribution in [0.15, 0.2) is 70.8 Å². The van der Waals surface area contributed by atoms with Crippen molar-refractivity contribution in [3.63, 3.8) is 0 Å². The molecular weight excluding hydrogens is 436 g/mol. The maximum atomic E-state index is 13.1. The van der Waals surface area contributed by atoms with Crippen molar-refractivity contribution in [1.29, 1.82) is 0 Å². The Balaban J connectivity index is 1.62. The van der Waals surface area contributed by atoms with Gasteiger partial charge in [0, 0.05) is 35.9 Å². The quantitative estimate of drug-likeness (QED) is 0.496. The zero-order chi connectivity index (χ0) is 22.2. The number of benzene rings is 2. The molecule has 2 heterocycles. The average molecular weight is 455 g/mol. The number of aromatic nitrogens is 3. The summed E-state index contributed by atoms with van der Waals surface area (Å²) in [5, 5.41) is 4.15. The monoisotopic (exact) mass is 454 g/mol. The number of sulfone groups is 1. The van der Waals surface area contributed by atoms with Crippen LogP contribution in [-0.4, -0.2) is 28.9 Å². The molecule has 0 aliphatic carbocycles. The third kappa shape index (κ3) is 3.92. The Kier molecular flexibility index (Phi) is 5.51. The molecule has 0 spiro atoms. The van der Waals surface area contributed by atoms with Gasteiger partial charge in [-0.05, 0) is 48.9 Å². The van der Waals surface area contributed by atoms with Crippen LogP contribution in [0.4, 0.5) is 0 Å². The van der Waals surface area contributed by atoms with Gasteiger partial charge in [-0.1, -0.05) is 23.7 Å². The number of nitrogens with zero attached hydrogens (tertiary/aromatic N) is 3. The largest absolute Gasteiger partial charge is 0.347 e. The summed E-state index contributed by atoms with van der Waals surface area (Å²) in [5.74, 6) is -0.378. The smallest absolute Gasteiger partial charge is 0.268 e. The Morgan fingerprint density at radius 2 is 1.90 bits per heavy atom. The predicted octanol–water partition coefficient (Wildman–Crippen LogP) is 3.69. The maximum Gasteiger partial charge on any atom is 0.268 e. The Morgan fingerprint density at radius 3 is 2.65 bits per heavy atom. The standard InChI is InChI=1S/C22H19ClN4O3S/c1-14-21(31(29,30)17-8-6-16(23)7-9-17)10-20(27(14)2)22(28)25-11-15-4-3-5-19-18(15)12-24-13-26-19/h3-10,12-13H,11H2,1-2H3,(H,25,28). The predicted molar refractivity (Wildman–Crippen MR) is 118 cm³/mol. The Hall–Kier alpha value is -3.23. The van der Waals surface area contributed by atoms with E-state index in [4.69, 9.17) is 11.6 Å². The zero-order valence-corrected chi connectivity index (χ0v) is 18.4. The molecule has 0 saturated heterocycles. The van der Waals surface area contributed by atoms with Crippen molar-refractivity contribution in [2.45, 2.75) is 23.3 Å². The van der Waals surface area contributed by atoms with E-state index in [9.17, 15) is 13.2 Å². The topological polar surface area (TPSA) is 93.9 Å². The lowest BCUT2D eigenvalue weighted by atomic mass is 10.1. The molecule has 31 heavy (non-hydrogen) atoms. The van der Waals surface area contributed by atoms with Gasteiger partial charge in [0.25, 0.3) is 5.91 Å². The molecule has 0 aliphatic heterocycles. The highest BCUT2D eigenvalue weighted by Gasteiger charge is 2.26. The molecule has 4 rings (SSSR count). The van der Waals surface area contributed by atoms with Crippen molar-refractivity contribution >= 4 is 38.2 Å². The Labute approximate surface area is 184 Å². The fraction of sp³-hybridized carbons (Fsp3) is 0.136. The number of fused-ring (bicyclic) bond motifs is 1. The van der Waals surface area contributed by atoms with Crippen molar-refractivity contribution in [1.82, 2.24) is 19.9 Å². The van der Waals surface area contributed by atoms with Crippen molar-refractivity contribution < 1.29 is 13.2 Å². The molecule has 158 valence electrons. The highest BCUT2D eigenvalue weighted by molar-refractivity contribution is 7.91. The molecule has 7 nitrogen and oxygen atoms in total. The second-order valence-electron chi connectivity index (χ2n) is 7.05. The van der Waals surface area contributed by atoms with Crippen LogP contribution in [0.5, 0.6) is 0 Å². The lowest BCUT2D eigenvalue weighted by Crippen LogP contribution is -2.25. The van der Waals surface area contributed by atoms with Gasteiger partial charge in [0.05, 0.1) is 15.3 Å².